The van der Waals surface area contributed by atoms with Crippen molar-refractivity contribution in [3.63, 3.8) is 0 Å². The summed E-state index contributed by atoms with van der Waals surface area (Å²) in [6, 6.07) is 110. The molecule has 12 rings (SSSR count). The fourth-order valence-corrected chi connectivity index (χ4v) is 9.91. The molecule has 0 aliphatic carbocycles. The molecule has 1 N–H and O–H groups in total. The van der Waals surface area contributed by atoms with Gasteiger partial charge in [0.05, 0.1) is 5.69 Å². The molecule has 372 valence electrons. The van der Waals surface area contributed by atoms with Crippen molar-refractivity contribution in [3.05, 3.63) is 329 Å². The van der Waals surface area contributed by atoms with Gasteiger partial charge in [-0.05, 0) is 141 Å². The van der Waals surface area contributed by atoms with Gasteiger partial charge in [-0.1, -0.05) is 278 Å². The van der Waals surface area contributed by atoms with Gasteiger partial charge in [-0.15, -0.1) is 0 Å². The first-order valence-electron chi connectivity index (χ1n) is 25.5. The van der Waals surface area contributed by atoms with E-state index in [0.29, 0.717) is 0 Å². The summed E-state index contributed by atoms with van der Waals surface area (Å²) in [7, 11) is 0. The maximum absolute atomic E-state index is 3.55. The topological polar surface area (TPSA) is 15.3 Å². The van der Waals surface area contributed by atoms with Crippen LogP contribution in [0, 0.1) is 0 Å². The molecule has 0 unspecified atom stereocenters. The van der Waals surface area contributed by atoms with Crippen molar-refractivity contribution in [1.29, 1.82) is 0 Å². The van der Waals surface area contributed by atoms with Crippen LogP contribution in [0.15, 0.2) is 329 Å². The van der Waals surface area contributed by atoms with Crippen LogP contribution in [-0.2, 0) is 0 Å². The van der Waals surface area contributed by atoms with Crippen molar-refractivity contribution in [2.24, 2.45) is 0 Å². The third kappa shape index (κ3) is 13.8. The second-order valence-electron chi connectivity index (χ2n) is 18.2. The number of nitrogens with one attached hydrogen (secondary N) is 1. The first-order valence-corrected chi connectivity index (χ1v) is 27.8. The number of anilines is 5. The largest absolute Gasteiger partial charge is 0.355 e. The highest BCUT2D eigenvalue weighted by Crippen LogP contribution is 2.42. The summed E-state index contributed by atoms with van der Waals surface area (Å²) < 4.78 is 3.30. The van der Waals surface area contributed by atoms with Crippen LogP contribution < -0.4 is 10.2 Å². The Hall–Kier alpha value is -8.32. The lowest BCUT2D eigenvalue weighted by atomic mass is 10.0. The minimum atomic E-state index is 1.08. The predicted octanol–water partition coefficient (Wildman–Crippen LogP) is 22.6. The Morgan fingerprint density at radius 3 is 0.883 bits per heavy atom. The third-order valence-corrected chi connectivity index (χ3v) is 14.7. The molecule has 0 bridgehead atoms. The van der Waals surface area contributed by atoms with Gasteiger partial charge in [-0.25, -0.2) is 0 Å². The molecule has 0 aromatic heterocycles. The first-order chi connectivity index (χ1) is 37.9. The van der Waals surface area contributed by atoms with Gasteiger partial charge < -0.3 is 10.2 Å². The first kappa shape index (κ1) is 52.1. The molecule has 12 aromatic carbocycles. The van der Waals surface area contributed by atoms with E-state index in [1.165, 1.54) is 66.8 Å². The number of benzene rings is 12. The van der Waals surface area contributed by atoms with Crippen molar-refractivity contribution in [3.8, 4) is 66.8 Å². The summed E-state index contributed by atoms with van der Waals surface area (Å²) >= 11 is 10.4. The minimum Gasteiger partial charge on any atom is -0.355 e. The van der Waals surface area contributed by atoms with Gasteiger partial charge in [0.15, 0.2) is 0 Å². The van der Waals surface area contributed by atoms with Crippen LogP contribution in [0.2, 0.25) is 0 Å². The zero-order valence-corrected chi connectivity index (χ0v) is 46.9. The van der Waals surface area contributed by atoms with Crippen molar-refractivity contribution in [1.82, 2.24) is 0 Å². The molecule has 0 radical (unpaired) electrons. The zero-order valence-electron chi connectivity index (χ0n) is 42.1. The Labute approximate surface area is 478 Å². The van der Waals surface area contributed by atoms with Crippen LogP contribution in [0.5, 0.6) is 0 Å². The van der Waals surface area contributed by atoms with E-state index >= 15 is 0 Å². The quantitative estimate of drug-likeness (QED) is 0.139. The molecular weight excluding hydrogens is 1130 g/mol. The molecule has 0 spiro atoms. The SMILES string of the molecule is Brc1ccc(-c2ccc(Br)cc2)cc1.Brc1ccc(-c2ccc(N(c3ccc(-c4ccccc4)cc3)c3ccccc3-c3ccccc3)cc2)cc1.c1ccc(-c2ccc(Nc3ccccc3-c3ccccc3)cc2)cc1. The van der Waals surface area contributed by atoms with Crippen LogP contribution in [0.3, 0.4) is 0 Å². The van der Waals surface area contributed by atoms with E-state index in [9.17, 15) is 0 Å². The fraction of sp³-hybridized carbons (Fsp3) is 0. The van der Waals surface area contributed by atoms with Gasteiger partial charge in [0.1, 0.15) is 0 Å². The van der Waals surface area contributed by atoms with Crippen molar-refractivity contribution in [2.75, 3.05) is 10.2 Å². The normalized spacial score (nSPS) is 10.5. The summed E-state index contributed by atoms with van der Waals surface area (Å²) in [6.45, 7) is 0. The van der Waals surface area contributed by atoms with Gasteiger partial charge in [0.2, 0.25) is 0 Å². The molecule has 0 fully saturated rings. The standard InChI is InChI=1S/C36H26BrN.C24H19N.C12H8Br2/c37-32-21-15-28(16-22-32)30-19-25-34(26-20-30)38(33-23-17-29(18-24-33)27-9-3-1-4-10-27)36-14-8-7-13-35(36)31-11-5-2-6-12-31;1-3-9-19(10-4-1)20-15-17-22(18-16-20)25-24-14-8-7-13-23(24)21-11-5-2-6-12-21;13-11-5-1-9(2-6-11)10-3-7-12(14)8-4-10/h1-26H;1-18,25H;1-8H. The van der Waals surface area contributed by atoms with Crippen LogP contribution in [0.1, 0.15) is 0 Å². The van der Waals surface area contributed by atoms with E-state index in [1.54, 1.807) is 0 Å². The number of para-hydroxylation sites is 2. The lowest BCUT2D eigenvalue weighted by Gasteiger charge is -2.28. The van der Waals surface area contributed by atoms with E-state index in [4.69, 9.17) is 0 Å². The van der Waals surface area contributed by atoms with Crippen LogP contribution in [0.4, 0.5) is 28.4 Å². The van der Waals surface area contributed by atoms with Gasteiger partial charge in [-0.2, -0.15) is 0 Å². The molecule has 12 aromatic rings. The van der Waals surface area contributed by atoms with E-state index in [-0.39, 0.29) is 0 Å². The smallest absolute Gasteiger partial charge is 0.0540 e. The van der Waals surface area contributed by atoms with Gasteiger partial charge in [0, 0.05) is 47.3 Å². The van der Waals surface area contributed by atoms with Gasteiger partial charge in [0.25, 0.3) is 0 Å². The highest BCUT2D eigenvalue weighted by Gasteiger charge is 2.17. The monoisotopic (exact) mass is 1180 g/mol. The van der Waals surface area contributed by atoms with E-state index in [0.717, 1.165) is 41.9 Å². The van der Waals surface area contributed by atoms with E-state index in [1.807, 2.05) is 12.1 Å². The second-order valence-corrected chi connectivity index (χ2v) is 20.9. The third-order valence-electron chi connectivity index (χ3n) is 13.1. The number of nitrogens with zero attached hydrogens (tertiary/aromatic N) is 1. The molecule has 0 saturated carbocycles. The molecule has 0 saturated heterocycles. The molecular formula is C72H53Br3N2. The number of rotatable bonds is 11. The highest BCUT2D eigenvalue weighted by molar-refractivity contribution is 9.11. The van der Waals surface area contributed by atoms with Crippen LogP contribution >= 0.6 is 47.8 Å². The van der Waals surface area contributed by atoms with Crippen LogP contribution in [0.25, 0.3) is 66.8 Å². The average molecular weight is 1190 g/mol. The molecule has 77 heavy (non-hydrogen) atoms. The number of hydrogen-bond acceptors (Lipinski definition) is 2. The second kappa shape index (κ2) is 26.0. The summed E-state index contributed by atoms with van der Waals surface area (Å²) in [5.41, 5.74) is 20.1. The Balaban J connectivity index is 0.000000147. The molecule has 5 heteroatoms. The maximum atomic E-state index is 3.55. The summed E-state index contributed by atoms with van der Waals surface area (Å²) in [6.07, 6.45) is 0. The Bertz CT molecular complexity index is 3680. The fourth-order valence-electron chi connectivity index (χ4n) is 9.11. The Morgan fingerprint density at radius 2 is 0.494 bits per heavy atom. The zero-order chi connectivity index (χ0) is 52.6. The van der Waals surface area contributed by atoms with E-state index < -0.39 is 0 Å². The molecule has 2 nitrogen and oxygen atoms in total. The predicted molar refractivity (Wildman–Crippen MR) is 339 cm³/mol. The molecule has 0 aliphatic rings. The number of halogens is 3. The lowest BCUT2D eigenvalue weighted by molar-refractivity contribution is 1.28. The number of hydrogen-bond donors (Lipinski definition) is 1. The molecule has 0 atom stereocenters. The van der Waals surface area contributed by atoms with Crippen molar-refractivity contribution in [2.45, 2.75) is 0 Å². The highest BCUT2D eigenvalue weighted by atomic mass is 79.9. The van der Waals surface area contributed by atoms with Gasteiger partial charge >= 0.3 is 0 Å². The molecule has 0 aliphatic heterocycles. The lowest BCUT2D eigenvalue weighted by Crippen LogP contribution is -2.11. The van der Waals surface area contributed by atoms with E-state index in [2.05, 4.69) is 361 Å². The Morgan fingerprint density at radius 1 is 0.221 bits per heavy atom. The maximum Gasteiger partial charge on any atom is 0.0540 e. The summed E-state index contributed by atoms with van der Waals surface area (Å²) in [4.78, 5) is 2.35. The van der Waals surface area contributed by atoms with Gasteiger partial charge in [-0.3, -0.25) is 0 Å². The van der Waals surface area contributed by atoms with Crippen molar-refractivity contribution < 1.29 is 0 Å². The Kier molecular flexibility index (Phi) is 17.6. The molecule has 0 heterocycles. The minimum absolute atomic E-state index is 1.08. The average Bonchev–Trinajstić information content (AvgIpc) is 3.51. The van der Waals surface area contributed by atoms with Crippen LogP contribution in [-0.4, -0.2) is 0 Å². The summed E-state index contributed by atoms with van der Waals surface area (Å²) in [5.74, 6) is 0. The van der Waals surface area contributed by atoms with Crippen molar-refractivity contribution >= 4 is 76.2 Å². The summed E-state index contributed by atoms with van der Waals surface area (Å²) in [5, 5.41) is 3.55. The molecule has 0 amide bonds.